The van der Waals surface area contributed by atoms with E-state index in [2.05, 4.69) is 55.4 Å². The summed E-state index contributed by atoms with van der Waals surface area (Å²) >= 11 is 0. The Morgan fingerprint density at radius 2 is 0.846 bits per heavy atom. The van der Waals surface area contributed by atoms with Crippen LogP contribution in [0.1, 0.15) is 158 Å². The van der Waals surface area contributed by atoms with Crippen LogP contribution < -0.4 is 0 Å². The molecule has 1 fully saturated rings. The zero-order valence-electron chi connectivity index (χ0n) is 20.5. The van der Waals surface area contributed by atoms with Crippen LogP contribution in [-0.2, 0) is 0 Å². The molecule has 0 aromatic heterocycles. The predicted molar refractivity (Wildman–Crippen MR) is 126 cm³/mol. The number of hydrogen-bond acceptors (Lipinski definition) is 0. The van der Waals surface area contributed by atoms with E-state index in [-0.39, 0.29) is 0 Å². The monoisotopic (exact) mass is 370 g/mol. The van der Waals surface area contributed by atoms with Crippen LogP contribution in [0.2, 0.25) is 0 Å². The molecule has 0 aromatic carbocycles. The van der Waals surface area contributed by atoms with Crippen LogP contribution in [0.5, 0.6) is 0 Å². The van der Waals surface area contributed by atoms with Gasteiger partial charge in [0.1, 0.15) is 0 Å². The summed E-state index contributed by atoms with van der Waals surface area (Å²) in [6.07, 6.45) is 22.6. The summed E-state index contributed by atoms with van der Waals surface area (Å²) in [5, 5.41) is 0. The predicted octanol–water partition coefficient (Wildman–Crippen LogP) is 10.6. The molecule has 0 radical (unpaired) electrons. The minimum absolute atomic E-state index is 0.986. The van der Waals surface area contributed by atoms with E-state index in [9.17, 15) is 0 Å². The second-order valence-electron chi connectivity index (χ2n) is 8.25. The fraction of sp³-hybridized carbons (Fsp3) is 1.00. The van der Waals surface area contributed by atoms with Crippen molar-refractivity contribution in [1.82, 2.24) is 0 Å². The Hall–Kier alpha value is 0. The van der Waals surface area contributed by atoms with E-state index in [1.807, 2.05) is 0 Å². The topological polar surface area (TPSA) is 0 Å². The second-order valence-corrected chi connectivity index (χ2v) is 8.25. The zero-order chi connectivity index (χ0) is 20.5. The summed E-state index contributed by atoms with van der Waals surface area (Å²) in [6, 6.07) is 0. The molecule has 1 aliphatic rings. The molecule has 26 heavy (non-hydrogen) atoms. The van der Waals surface area contributed by atoms with Crippen LogP contribution in [0.4, 0.5) is 0 Å². The molecule has 0 unspecified atom stereocenters. The molecule has 0 saturated heterocycles. The fourth-order valence-electron chi connectivity index (χ4n) is 3.17. The van der Waals surface area contributed by atoms with Crippen LogP contribution in [0, 0.1) is 11.8 Å². The normalized spacial score (nSPS) is 13.3. The summed E-state index contributed by atoms with van der Waals surface area (Å²) in [5.74, 6) is 2.03. The first-order valence-corrected chi connectivity index (χ1v) is 12.6. The minimum Gasteiger partial charge on any atom is -0.0654 e. The van der Waals surface area contributed by atoms with E-state index < -0.39 is 0 Å². The lowest BCUT2D eigenvalue weighted by molar-refractivity contribution is 0.477. The van der Waals surface area contributed by atoms with E-state index >= 15 is 0 Å². The van der Waals surface area contributed by atoms with Crippen LogP contribution in [0.15, 0.2) is 0 Å². The molecule has 0 nitrogen and oxygen atoms in total. The maximum Gasteiger partial charge on any atom is -0.0422 e. The van der Waals surface area contributed by atoms with Crippen LogP contribution in [0.25, 0.3) is 0 Å². The molecule has 0 N–H and O–H groups in total. The Labute approximate surface area is 170 Å². The maximum atomic E-state index is 2.34. The van der Waals surface area contributed by atoms with Crippen LogP contribution >= 0.6 is 0 Å². The molecule has 1 rings (SSSR count). The van der Waals surface area contributed by atoms with Gasteiger partial charge in [-0.2, -0.15) is 0 Å². The van der Waals surface area contributed by atoms with E-state index in [1.54, 1.807) is 0 Å². The van der Waals surface area contributed by atoms with Gasteiger partial charge in [0.2, 0.25) is 0 Å². The average molecular weight is 371 g/mol. The smallest absolute Gasteiger partial charge is 0.0422 e. The third-order valence-corrected chi connectivity index (χ3v) is 5.54. The molecule has 0 aliphatic heterocycles. The van der Waals surface area contributed by atoms with Gasteiger partial charge >= 0.3 is 0 Å². The molecule has 1 saturated carbocycles. The van der Waals surface area contributed by atoms with Gasteiger partial charge in [0.25, 0.3) is 0 Å². The average Bonchev–Trinajstić information content (AvgIpc) is 3.14. The highest BCUT2D eigenvalue weighted by Gasteiger charge is 2.07. The van der Waals surface area contributed by atoms with Gasteiger partial charge in [-0.05, 0) is 11.8 Å². The first kappa shape index (κ1) is 30.7. The van der Waals surface area contributed by atoms with Gasteiger partial charge in [0, 0.05) is 0 Å². The van der Waals surface area contributed by atoms with Crippen molar-refractivity contribution in [3.63, 3.8) is 0 Å². The minimum atomic E-state index is 0.986. The van der Waals surface area contributed by atoms with E-state index in [1.165, 1.54) is 103 Å². The third-order valence-electron chi connectivity index (χ3n) is 5.54. The molecule has 0 heterocycles. The number of rotatable bonds is 10. The second kappa shape index (κ2) is 29.8. The van der Waals surface area contributed by atoms with Gasteiger partial charge in [-0.15, -0.1) is 0 Å². The highest BCUT2D eigenvalue weighted by molar-refractivity contribution is 4.60. The number of hydrogen-bond donors (Lipinski definition) is 0. The van der Waals surface area contributed by atoms with Crippen molar-refractivity contribution in [1.29, 1.82) is 0 Å². The molecule has 1 aliphatic carbocycles. The molecule has 0 amide bonds. The van der Waals surface area contributed by atoms with Crippen LogP contribution in [-0.4, -0.2) is 0 Å². The van der Waals surface area contributed by atoms with Gasteiger partial charge in [0.15, 0.2) is 0 Å². The van der Waals surface area contributed by atoms with Gasteiger partial charge < -0.3 is 0 Å². The van der Waals surface area contributed by atoms with Gasteiger partial charge in [-0.25, -0.2) is 0 Å². The Bertz CT molecular complexity index is 173. The van der Waals surface area contributed by atoms with Crippen molar-refractivity contribution in [3.8, 4) is 0 Å². The largest absolute Gasteiger partial charge is 0.0654 e. The maximum absolute atomic E-state index is 2.34. The molecular weight excluding hydrogens is 312 g/mol. The van der Waals surface area contributed by atoms with Crippen molar-refractivity contribution in [2.75, 3.05) is 0 Å². The third kappa shape index (κ3) is 31.7. The molecule has 0 heteroatoms. The zero-order valence-corrected chi connectivity index (χ0v) is 20.5. The summed E-state index contributed by atoms with van der Waals surface area (Å²) in [4.78, 5) is 0. The molecule has 0 bridgehead atoms. The number of unbranched alkanes of at least 4 members (excludes halogenated alkanes) is 7. The Kier molecular flexibility index (Phi) is 35.2. The quantitative estimate of drug-likeness (QED) is 0.335. The van der Waals surface area contributed by atoms with Gasteiger partial charge in [-0.3, -0.25) is 0 Å². The molecule has 162 valence electrons. The van der Waals surface area contributed by atoms with E-state index in [0.29, 0.717) is 0 Å². The highest BCUT2D eigenvalue weighted by atomic mass is 14.1. The SMILES string of the molecule is CC1CCCC1.CCC(CC)CC.CCCCCC.CCCCCCC. The summed E-state index contributed by atoms with van der Waals surface area (Å²) in [6.45, 7) is 18.1. The van der Waals surface area contributed by atoms with Crippen molar-refractivity contribution in [2.24, 2.45) is 11.8 Å². The Morgan fingerprint density at radius 1 is 0.538 bits per heavy atom. The Morgan fingerprint density at radius 3 is 1.00 bits per heavy atom. The fourth-order valence-corrected chi connectivity index (χ4v) is 3.17. The van der Waals surface area contributed by atoms with Crippen molar-refractivity contribution in [2.45, 2.75) is 158 Å². The first-order valence-electron chi connectivity index (χ1n) is 12.6. The molecule has 0 aromatic rings. The lowest BCUT2D eigenvalue weighted by Crippen LogP contribution is -1.91. The Balaban J connectivity index is -0.000000272. The molecule has 0 spiro atoms. The molecular formula is C26H58. The summed E-state index contributed by atoms with van der Waals surface area (Å²) in [7, 11) is 0. The summed E-state index contributed by atoms with van der Waals surface area (Å²) in [5.41, 5.74) is 0. The van der Waals surface area contributed by atoms with Gasteiger partial charge in [0.05, 0.1) is 0 Å². The van der Waals surface area contributed by atoms with E-state index in [4.69, 9.17) is 0 Å². The van der Waals surface area contributed by atoms with Crippen molar-refractivity contribution in [3.05, 3.63) is 0 Å². The van der Waals surface area contributed by atoms with Crippen LogP contribution in [0.3, 0.4) is 0 Å². The lowest BCUT2D eigenvalue weighted by Gasteiger charge is -2.05. The lowest BCUT2D eigenvalue weighted by atomic mass is 10.0. The van der Waals surface area contributed by atoms with Crippen molar-refractivity contribution >= 4 is 0 Å². The highest BCUT2D eigenvalue weighted by Crippen LogP contribution is 2.22. The standard InChI is InChI=1S/2C7H16.C6H12.C6H14/c1-4-7(5-2)6-3;1-3-5-7-6-4-2;1-6-4-2-3-5-6;1-3-5-6-4-2/h7H,4-6H2,1-3H3;3-7H2,1-2H3;6H,2-5H2,1H3;3-6H2,1-2H3. The first-order chi connectivity index (χ1) is 12.6. The molecule has 0 atom stereocenters. The van der Waals surface area contributed by atoms with Gasteiger partial charge in [-0.1, -0.05) is 158 Å². The van der Waals surface area contributed by atoms with Crippen molar-refractivity contribution < 1.29 is 0 Å². The van der Waals surface area contributed by atoms with E-state index in [0.717, 1.165) is 11.8 Å². The summed E-state index contributed by atoms with van der Waals surface area (Å²) < 4.78 is 0.